The Labute approximate surface area is 180 Å². The first-order valence-electron chi connectivity index (χ1n) is 8.28. The second kappa shape index (κ2) is 7.96. The van der Waals surface area contributed by atoms with E-state index in [-0.39, 0.29) is 16.7 Å². The number of allylic oxidation sites excluding steroid dienone is 1. The maximum Gasteiger partial charge on any atom is 0.353 e. The molecule has 1 fully saturated rings. The fraction of sp³-hybridized carbons (Fsp3) is 0.286. The van der Waals surface area contributed by atoms with Crippen molar-refractivity contribution in [3.8, 4) is 0 Å². The van der Waals surface area contributed by atoms with Gasteiger partial charge in [-0.05, 0) is 12.8 Å². The molecule has 2 amide bonds. The molecule has 1 saturated heterocycles. The van der Waals surface area contributed by atoms with Gasteiger partial charge in [0.15, 0.2) is 5.13 Å². The normalized spacial score (nSPS) is 21.3. The lowest BCUT2D eigenvalue weighted by Gasteiger charge is -2.49. The minimum absolute atomic E-state index is 0.0775. The maximum absolute atomic E-state index is 12.7. The Morgan fingerprint density at radius 3 is 2.80 bits per heavy atom. The number of hydrogen-bond acceptors (Lipinski definition) is 13. The Balaban J connectivity index is 1.52. The summed E-state index contributed by atoms with van der Waals surface area (Å²) in [6.07, 6.45) is 2.33. The third-order valence-electron chi connectivity index (χ3n) is 4.42. The first-order valence-corrected chi connectivity index (χ1v) is 10.6. The molecule has 0 aromatic carbocycles. The van der Waals surface area contributed by atoms with Crippen molar-refractivity contribution in [2.24, 2.45) is 5.16 Å². The van der Waals surface area contributed by atoms with E-state index in [1.165, 1.54) is 6.20 Å². The van der Waals surface area contributed by atoms with Crippen molar-refractivity contribution in [3.05, 3.63) is 22.6 Å². The van der Waals surface area contributed by atoms with Gasteiger partial charge >= 0.3 is 5.97 Å². The Hall–Kier alpha value is -3.11. The second-order valence-corrected chi connectivity index (χ2v) is 8.55. The highest BCUT2D eigenvalue weighted by Gasteiger charge is 2.54. The van der Waals surface area contributed by atoms with Gasteiger partial charge in [-0.3, -0.25) is 14.5 Å². The van der Waals surface area contributed by atoms with Gasteiger partial charge in [-0.2, -0.15) is 18.1 Å². The van der Waals surface area contributed by atoms with Gasteiger partial charge < -0.3 is 21.4 Å². The van der Waals surface area contributed by atoms with E-state index in [2.05, 4.69) is 28.6 Å². The topological polar surface area (TPSA) is 197 Å². The highest BCUT2D eigenvalue weighted by atomic mass is 32.2. The van der Waals surface area contributed by atoms with Crippen LogP contribution >= 0.6 is 35.0 Å². The lowest BCUT2D eigenvalue weighted by molar-refractivity contribution is -0.155. The Bertz CT molecular complexity index is 1080. The number of amides is 2. The van der Waals surface area contributed by atoms with E-state index >= 15 is 0 Å². The predicted octanol–water partition coefficient (Wildman–Crippen LogP) is -0.272. The fourth-order valence-corrected chi connectivity index (χ4v) is 5.12. The number of carboxylic acid groups (broad SMARTS) is 1. The molecule has 16 heteroatoms. The summed E-state index contributed by atoms with van der Waals surface area (Å²) in [5.74, 6) is -2.87. The van der Waals surface area contributed by atoms with Crippen LogP contribution in [0.1, 0.15) is 18.7 Å². The number of hydrogen-bond donors (Lipinski definition) is 4. The SMILES string of the molecule is Nc1nc(/C(=N/O)C(=O)NC2C(=O)N3C(C(=O)O)=C(Sc4cnsn4)CCC23)ns1. The molecule has 0 spiro atoms. The van der Waals surface area contributed by atoms with E-state index in [1.807, 2.05) is 0 Å². The van der Waals surface area contributed by atoms with E-state index in [9.17, 15) is 19.5 Å². The van der Waals surface area contributed by atoms with Gasteiger partial charge in [0, 0.05) is 16.4 Å². The number of anilines is 1. The number of aromatic nitrogens is 4. The van der Waals surface area contributed by atoms with Crippen LogP contribution in [0.5, 0.6) is 0 Å². The predicted molar refractivity (Wildman–Crippen MR) is 105 cm³/mol. The summed E-state index contributed by atoms with van der Waals surface area (Å²) >= 11 is 2.96. The van der Waals surface area contributed by atoms with Gasteiger partial charge in [-0.15, -0.1) is 0 Å². The highest BCUT2D eigenvalue weighted by molar-refractivity contribution is 8.03. The molecule has 30 heavy (non-hydrogen) atoms. The number of β-lactam (4-membered cyclic amide) rings is 1. The third-order valence-corrected chi connectivity index (χ3v) is 6.60. The highest BCUT2D eigenvalue weighted by Crippen LogP contribution is 2.42. The van der Waals surface area contributed by atoms with Crippen molar-refractivity contribution in [3.63, 3.8) is 0 Å². The van der Waals surface area contributed by atoms with Crippen LogP contribution in [0.15, 0.2) is 27.0 Å². The van der Waals surface area contributed by atoms with E-state index in [1.54, 1.807) is 0 Å². The molecule has 5 N–H and O–H groups in total. The largest absolute Gasteiger partial charge is 0.477 e. The molecule has 2 atom stereocenters. The number of oxime groups is 1. The van der Waals surface area contributed by atoms with Crippen LogP contribution in [-0.2, 0) is 14.4 Å². The van der Waals surface area contributed by atoms with Crippen molar-refractivity contribution >= 4 is 63.6 Å². The van der Waals surface area contributed by atoms with Crippen molar-refractivity contribution in [1.29, 1.82) is 0 Å². The minimum Gasteiger partial charge on any atom is -0.477 e. The lowest BCUT2D eigenvalue weighted by atomic mass is 9.86. The molecular weight excluding hydrogens is 456 g/mol. The first-order chi connectivity index (χ1) is 14.4. The summed E-state index contributed by atoms with van der Waals surface area (Å²) in [5, 5.41) is 24.8. The average Bonchev–Trinajstić information content (AvgIpc) is 3.38. The number of carbonyl (C=O) groups is 3. The Kier molecular flexibility index (Phi) is 5.35. The summed E-state index contributed by atoms with van der Waals surface area (Å²) in [4.78, 5) is 42.4. The van der Waals surface area contributed by atoms with Crippen LogP contribution in [0.3, 0.4) is 0 Å². The van der Waals surface area contributed by atoms with Gasteiger partial charge in [0.1, 0.15) is 16.8 Å². The molecule has 2 unspecified atom stereocenters. The monoisotopic (exact) mass is 468 g/mol. The molecule has 2 aliphatic heterocycles. The van der Waals surface area contributed by atoms with Crippen molar-refractivity contribution in [2.45, 2.75) is 30.0 Å². The summed E-state index contributed by atoms with van der Waals surface area (Å²) < 4.78 is 11.7. The number of nitrogen functional groups attached to an aromatic ring is 1. The Morgan fingerprint density at radius 1 is 1.40 bits per heavy atom. The number of thioether (sulfide) groups is 1. The molecule has 156 valence electrons. The van der Waals surface area contributed by atoms with Gasteiger partial charge in [-0.25, -0.2) is 4.79 Å². The third kappa shape index (κ3) is 3.48. The van der Waals surface area contributed by atoms with Crippen LogP contribution in [0.25, 0.3) is 0 Å². The summed E-state index contributed by atoms with van der Waals surface area (Å²) in [7, 11) is 0. The number of fused-ring (bicyclic) bond motifs is 1. The molecule has 0 radical (unpaired) electrons. The second-order valence-electron chi connectivity index (χ2n) is 6.09. The maximum atomic E-state index is 12.7. The fourth-order valence-electron chi connectivity index (χ4n) is 3.19. The van der Waals surface area contributed by atoms with Gasteiger partial charge in [0.25, 0.3) is 11.8 Å². The number of nitrogens with zero attached hydrogens (tertiary/aromatic N) is 6. The van der Waals surface area contributed by atoms with Gasteiger partial charge in [-0.1, -0.05) is 16.9 Å². The van der Waals surface area contributed by atoms with Crippen LogP contribution in [0.4, 0.5) is 5.13 Å². The summed E-state index contributed by atoms with van der Waals surface area (Å²) in [6.45, 7) is 0. The van der Waals surface area contributed by atoms with E-state index in [0.29, 0.717) is 22.8 Å². The molecule has 13 nitrogen and oxygen atoms in total. The average molecular weight is 469 g/mol. The van der Waals surface area contributed by atoms with Crippen molar-refractivity contribution < 1.29 is 24.7 Å². The molecule has 0 aliphatic carbocycles. The van der Waals surface area contributed by atoms with Crippen LogP contribution < -0.4 is 11.1 Å². The van der Waals surface area contributed by atoms with Crippen LogP contribution in [0.2, 0.25) is 0 Å². The summed E-state index contributed by atoms with van der Waals surface area (Å²) in [6, 6.07) is -1.51. The van der Waals surface area contributed by atoms with E-state index in [4.69, 9.17) is 10.9 Å². The quantitative estimate of drug-likeness (QED) is 0.188. The number of rotatable bonds is 6. The first kappa shape index (κ1) is 20.2. The summed E-state index contributed by atoms with van der Waals surface area (Å²) in [5.41, 5.74) is 4.84. The molecule has 0 saturated carbocycles. The number of nitrogens with one attached hydrogen (secondary N) is 1. The number of carboxylic acids is 1. The zero-order valence-corrected chi connectivity index (χ0v) is 17.2. The smallest absolute Gasteiger partial charge is 0.353 e. The molecule has 2 aromatic rings. The van der Waals surface area contributed by atoms with E-state index in [0.717, 1.165) is 39.9 Å². The molecule has 4 rings (SSSR count). The standard InChI is InChI=1S/C14H12N8O5S3/c15-14-18-10(21-29-14)8(19-27)11(23)17-7-4-1-2-5(28-6-3-16-30-20-6)9(13(25)26)22(4)12(7)24/h3-4,7,27H,1-2H2,(H,17,23)(H,25,26)(H2,15,18,21)/b19-8-. The molecule has 4 heterocycles. The number of aliphatic carboxylic acids is 1. The van der Waals surface area contributed by atoms with E-state index < -0.39 is 35.6 Å². The zero-order valence-electron chi connectivity index (χ0n) is 14.8. The molecule has 2 aliphatic rings. The lowest BCUT2D eigenvalue weighted by Crippen LogP contribution is -2.72. The number of carbonyl (C=O) groups excluding carboxylic acids is 2. The van der Waals surface area contributed by atoms with Gasteiger partial charge in [0.05, 0.1) is 24.0 Å². The van der Waals surface area contributed by atoms with Crippen LogP contribution in [-0.4, -0.2) is 68.9 Å². The van der Waals surface area contributed by atoms with Crippen molar-refractivity contribution in [2.75, 3.05) is 5.73 Å². The van der Waals surface area contributed by atoms with Crippen LogP contribution in [0, 0.1) is 0 Å². The molecule has 2 aromatic heterocycles. The number of nitrogens with two attached hydrogens (primary N) is 1. The molecular formula is C14H12N8O5S3. The minimum atomic E-state index is -1.25. The van der Waals surface area contributed by atoms with Gasteiger partial charge in [0.2, 0.25) is 11.5 Å². The molecule has 0 bridgehead atoms. The Morgan fingerprint density at radius 2 is 2.20 bits per heavy atom. The van der Waals surface area contributed by atoms with Crippen molar-refractivity contribution in [1.82, 2.24) is 28.3 Å². The zero-order chi connectivity index (χ0) is 21.4.